The molecule has 0 saturated heterocycles. The molecule has 2 aromatic rings. The van der Waals surface area contributed by atoms with Crippen molar-refractivity contribution in [3.63, 3.8) is 0 Å². The monoisotopic (exact) mass is 682 g/mol. The molecule has 0 heterocycles. The molecular formula is C46H80ClN. The number of nitrogens with zero attached hydrogens (tertiary/aromatic N) is 1. The standard InChI is InChI=1S/C46H80N.ClH/c1-3-5-7-9-11-13-15-17-19-21-23-25-27-35-41-47(43-45-37-31-29-32-38-45,44-46-39-33-30-34-40-46)42-36-28-26-24-22-20-18-16-14-12-10-8-6-4-2;/h29-34,37-40H,3-28,35-36,41-44H2,1-2H3;1H/q+1;/p-1. The molecule has 48 heavy (non-hydrogen) atoms. The minimum absolute atomic E-state index is 0. The van der Waals surface area contributed by atoms with Gasteiger partial charge in [0, 0.05) is 11.1 Å². The summed E-state index contributed by atoms with van der Waals surface area (Å²) >= 11 is 0. The highest BCUT2D eigenvalue weighted by Gasteiger charge is 2.27. The van der Waals surface area contributed by atoms with Crippen LogP contribution in [0.5, 0.6) is 0 Å². The Labute approximate surface area is 307 Å². The largest absolute Gasteiger partial charge is 1.00 e. The van der Waals surface area contributed by atoms with Crippen LogP contribution in [0.2, 0.25) is 0 Å². The number of quaternary nitrogens is 1. The number of benzene rings is 2. The smallest absolute Gasteiger partial charge is 0.105 e. The van der Waals surface area contributed by atoms with Crippen molar-refractivity contribution in [2.45, 2.75) is 207 Å². The average Bonchev–Trinajstić information content (AvgIpc) is 3.09. The van der Waals surface area contributed by atoms with E-state index in [9.17, 15) is 0 Å². The Morgan fingerprint density at radius 2 is 0.542 bits per heavy atom. The minimum atomic E-state index is 0. The van der Waals surface area contributed by atoms with E-state index in [1.54, 1.807) is 0 Å². The summed E-state index contributed by atoms with van der Waals surface area (Å²) in [6.07, 6.45) is 40.2. The van der Waals surface area contributed by atoms with E-state index in [1.165, 1.54) is 222 Å². The van der Waals surface area contributed by atoms with Crippen molar-refractivity contribution in [2.75, 3.05) is 13.1 Å². The Morgan fingerprint density at radius 3 is 0.792 bits per heavy atom. The summed E-state index contributed by atoms with van der Waals surface area (Å²) in [5.41, 5.74) is 3.03. The highest BCUT2D eigenvalue weighted by Crippen LogP contribution is 2.24. The van der Waals surface area contributed by atoms with Gasteiger partial charge in [0.25, 0.3) is 0 Å². The van der Waals surface area contributed by atoms with E-state index < -0.39 is 0 Å². The van der Waals surface area contributed by atoms with Crippen LogP contribution in [0, 0.1) is 0 Å². The summed E-state index contributed by atoms with van der Waals surface area (Å²) in [5, 5.41) is 0. The fraction of sp³-hybridized carbons (Fsp3) is 0.739. The summed E-state index contributed by atoms with van der Waals surface area (Å²) in [6, 6.07) is 22.8. The molecule has 0 spiro atoms. The van der Waals surface area contributed by atoms with Crippen LogP contribution in [0.1, 0.15) is 205 Å². The topological polar surface area (TPSA) is 0 Å². The molecule has 0 saturated carbocycles. The summed E-state index contributed by atoms with van der Waals surface area (Å²) in [7, 11) is 0. The molecule has 0 aromatic heterocycles. The molecule has 0 radical (unpaired) electrons. The van der Waals surface area contributed by atoms with Crippen LogP contribution in [0.15, 0.2) is 60.7 Å². The molecule has 0 aliphatic rings. The molecule has 276 valence electrons. The molecular weight excluding hydrogens is 602 g/mol. The Bertz CT molecular complexity index is 821. The zero-order valence-electron chi connectivity index (χ0n) is 32.2. The van der Waals surface area contributed by atoms with Crippen molar-refractivity contribution in [3.8, 4) is 0 Å². The van der Waals surface area contributed by atoms with Gasteiger partial charge in [-0.25, -0.2) is 0 Å². The van der Waals surface area contributed by atoms with Gasteiger partial charge in [-0.15, -0.1) is 0 Å². The third-order valence-electron chi connectivity index (χ3n) is 10.7. The molecule has 0 aliphatic heterocycles. The maximum atomic E-state index is 2.37. The second-order valence-corrected chi connectivity index (χ2v) is 15.3. The fourth-order valence-corrected chi connectivity index (χ4v) is 7.71. The molecule has 1 nitrogen and oxygen atoms in total. The lowest BCUT2D eigenvalue weighted by molar-refractivity contribution is -0.954. The normalized spacial score (nSPS) is 11.5. The van der Waals surface area contributed by atoms with E-state index >= 15 is 0 Å². The Morgan fingerprint density at radius 1 is 0.312 bits per heavy atom. The van der Waals surface area contributed by atoms with E-state index in [2.05, 4.69) is 74.5 Å². The van der Waals surface area contributed by atoms with E-state index in [1.807, 2.05) is 0 Å². The van der Waals surface area contributed by atoms with Gasteiger partial charge in [-0.05, 0) is 25.7 Å². The molecule has 2 aromatic carbocycles. The molecule has 0 aliphatic carbocycles. The van der Waals surface area contributed by atoms with Crippen molar-refractivity contribution >= 4 is 0 Å². The predicted molar refractivity (Wildman–Crippen MR) is 211 cm³/mol. The Balaban J connectivity index is 0.0000115. The second-order valence-electron chi connectivity index (χ2n) is 15.3. The van der Waals surface area contributed by atoms with E-state index in [0.29, 0.717) is 0 Å². The summed E-state index contributed by atoms with van der Waals surface area (Å²) in [4.78, 5) is 0. The van der Waals surface area contributed by atoms with Gasteiger partial charge in [-0.1, -0.05) is 229 Å². The first-order chi connectivity index (χ1) is 23.3. The van der Waals surface area contributed by atoms with Gasteiger partial charge in [0.15, 0.2) is 0 Å². The first-order valence-electron chi connectivity index (χ1n) is 21.2. The van der Waals surface area contributed by atoms with Crippen LogP contribution < -0.4 is 12.4 Å². The minimum Gasteiger partial charge on any atom is -1.00 e. The lowest BCUT2D eigenvalue weighted by Gasteiger charge is -2.39. The Kier molecular flexibility index (Phi) is 30.6. The van der Waals surface area contributed by atoms with Gasteiger partial charge in [-0.2, -0.15) is 0 Å². The zero-order valence-corrected chi connectivity index (χ0v) is 33.0. The number of halogens is 1. The van der Waals surface area contributed by atoms with Crippen LogP contribution in [-0.2, 0) is 13.1 Å². The van der Waals surface area contributed by atoms with Crippen molar-refractivity contribution in [3.05, 3.63) is 71.8 Å². The third kappa shape index (κ3) is 24.8. The lowest BCUT2D eigenvalue weighted by atomic mass is 10.0. The van der Waals surface area contributed by atoms with Gasteiger partial charge in [0.2, 0.25) is 0 Å². The van der Waals surface area contributed by atoms with Gasteiger partial charge in [0.1, 0.15) is 13.1 Å². The first kappa shape index (κ1) is 44.7. The van der Waals surface area contributed by atoms with Crippen LogP contribution in [0.3, 0.4) is 0 Å². The van der Waals surface area contributed by atoms with Gasteiger partial charge in [-0.3, -0.25) is 0 Å². The SMILES string of the molecule is CCCCCCCCCCCCCCCC[N+](CCCCCCCCCCCCCCCC)(Cc1ccccc1)Cc1ccccc1.[Cl-]. The number of unbranched alkanes of at least 4 members (excludes halogenated alkanes) is 26. The molecule has 0 amide bonds. The summed E-state index contributed by atoms with van der Waals surface area (Å²) in [6.45, 7) is 9.61. The zero-order chi connectivity index (χ0) is 33.4. The van der Waals surface area contributed by atoms with E-state index in [4.69, 9.17) is 0 Å². The van der Waals surface area contributed by atoms with E-state index in [0.717, 1.165) is 0 Å². The maximum Gasteiger partial charge on any atom is 0.105 e. The molecule has 0 bridgehead atoms. The van der Waals surface area contributed by atoms with Crippen molar-refractivity contribution in [1.82, 2.24) is 0 Å². The third-order valence-corrected chi connectivity index (χ3v) is 10.7. The fourth-order valence-electron chi connectivity index (χ4n) is 7.71. The first-order valence-corrected chi connectivity index (χ1v) is 21.2. The second kappa shape index (κ2) is 32.9. The predicted octanol–water partition coefficient (Wildman–Crippen LogP) is 12.2. The molecule has 0 unspecified atom stereocenters. The molecule has 0 atom stereocenters. The van der Waals surface area contributed by atoms with Crippen molar-refractivity contribution < 1.29 is 16.9 Å². The number of hydrogen-bond acceptors (Lipinski definition) is 0. The number of rotatable bonds is 34. The van der Waals surface area contributed by atoms with Gasteiger partial charge in [0.05, 0.1) is 13.1 Å². The highest BCUT2D eigenvalue weighted by molar-refractivity contribution is 5.15. The van der Waals surface area contributed by atoms with Crippen LogP contribution in [0.25, 0.3) is 0 Å². The molecule has 0 N–H and O–H groups in total. The van der Waals surface area contributed by atoms with Crippen LogP contribution >= 0.6 is 0 Å². The maximum absolute atomic E-state index is 2.37. The summed E-state index contributed by atoms with van der Waals surface area (Å²) in [5.74, 6) is 0. The van der Waals surface area contributed by atoms with Gasteiger partial charge < -0.3 is 16.9 Å². The number of hydrogen-bond donors (Lipinski definition) is 0. The molecule has 2 heteroatoms. The average molecular weight is 683 g/mol. The lowest BCUT2D eigenvalue weighted by Crippen LogP contribution is -3.00. The molecule has 0 fully saturated rings. The van der Waals surface area contributed by atoms with Crippen LogP contribution in [0.4, 0.5) is 0 Å². The quantitative estimate of drug-likeness (QED) is 0.0509. The highest BCUT2D eigenvalue weighted by atomic mass is 35.5. The van der Waals surface area contributed by atoms with Crippen LogP contribution in [-0.4, -0.2) is 17.6 Å². The Hall–Kier alpha value is -1.31. The van der Waals surface area contributed by atoms with Crippen molar-refractivity contribution in [2.24, 2.45) is 0 Å². The van der Waals surface area contributed by atoms with Crippen molar-refractivity contribution in [1.29, 1.82) is 0 Å². The summed E-state index contributed by atoms with van der Waals surface area (Å²) < 4.78 is 1.23. The molecule has 2 rings (SSSR count). The van der Waals surface area contributed by atoms with Gasteiger partial charge >= 0.3 is 0 Å². The van der Waals surface area contributed by atoms with E-state index in [-0.39, 0.29) is 12.4 Å².